The maximum atomic E-state index is 14.6. The van der Waals surface area contributed by atoms with Crippen LogP contribution in [0, 0.1) is 5.82 Å². The van der Waals surface area contributed by atoms with E-state index in [1.54, 1.807) is 4.68 Å². The molecule has 0 saturated carbocycles. The first-order chi connectivity index (χ1) is 18.7. The van der Waals surface area contributed by atoms with Gasteiger partial charge in [-0.05, 0) is 35.4 Å². The second-order valence-corrected chi connectivity index (χ2v) is 12.4. The summed E-state index contributed by atoms with van der Waals surface area (Å²) >= 11 is 6.82. The minimum Gasteiger partial charge on any atom is -0.493 e. The first-order valence-corrected chi connectivity index (χ1v) is 14.6. The van der Waals surface area contributed by atoms with Crippen molar-refractivity contribution in [3.05, 3.63) is 69.8 Å². The Morgan fingerprint density at radius 1 is 1.28 bits per heavy atom. The molecule has 0 aliphatic carbocycles. The molecular formula is C25H25ClFN5O5S2. The van der Waals surface area contributed by atoms with E-state index in [0.717, 1.165) is 22.5 Å². The molecule has 0 radical (unpaired) electrons. The average Bonchev–Trinajstić information content (AvgIpc) is 3.52. The lowest BCUT2D eigenvalue weighted by atomic mass is 10.1. The maximum Gasteiger partial charge on any atom is 0.272 e. The lowest BCUT2D eigenvalue weighted by Crippen LogP contribution is -2.51. The molecule has 1 atom stereocenters. The third kappa shape index (κ3) is 6.02. The van der Waals surface area contributed by atoms with Crippen molar-refractivity contribution in [2.24, 2.45) is 0 Å². The highest BCUT2D eigenvalue weighted by Crippen LogP contribution is 2.36. The number of methoxy groups -OCH3 is 1. The van der Waals surface area contributed by atoms with Crippen molar-refractivity contribution in [1.82, 2.24) is 20.4 Å². The van der Waals surface area contributed by atoms with Gasteiger partial charge in [-0.25, -0.2) is 12.8 Å². The van der Waals surface area contributed by atoms with Gasteiger partial charge >= 0.3 is 0 Å². The van der Waals surface area contributed by atoms with Gasteiger partial charge in [-0.2, -0.15) is 5.10 Å². The first-order valence-electron chi connectivity index (χ1n) is 11.9. The molecule has 0 bridgehead atoms. The number of ether oxygens (including phenoxy) is 2. The summed E-state index contributed by atoms with van der Waals surface area (Å²) in [6.07, 6.45) is 0. The number of morpholine rings is 1. The second-order valence-electron chi connectivity index (χ2n) is 8.76. The predicted octanol–water partition coefficient (Wildman–Crippen LogP) is 3.35. The van der Waals surface area contributed by atoms with Crippen LogP contribution in [0.25, 0.3) is 10.9 Å². The van der Waals surface area contributed by atoms with Crippen LogP contribution in [0.1, 0.15) is 11.1 Å². The minimum atomic E-state index is -4.04. The fourth-order valence-corrected chi connectivity index (χ4v) is 6.78. The molecule has 0 unspecified atom stereocenters. The highest BCUT2D eigenvalue weighted by atomic mass is 35.5. The van der Waals surface area contributed by atoms with Gasteiger partial charge in [0.2, 0.25) is 5.91 Å². The zero-order chi connectivity index (χ0) is 27.6. The number of fused-ring (bicyclic) bond motifs is 1. The number of amides is 1. The Balaban J connectivity index is 1.41. The Bertz CT molecular complexity index is 1620. The molecule has 4 aromatic rings. The van der Waals surface area contributed by atoms with Crippen LogP contribution in [-0.2, 0) is 32.6 Å². The molecule has 3 N–H and O–H groups in total. The van der Waals surface area contributed by atoms with Gasteiger partial charge in [-0.1, -0.05) is 35.9 Å². The summed E-state index contributed by atoms with van der Waals surface area (Å²) in [4.78, 5) is 12.4. The summed E-state index contributed by atoms with van der Waals surface area (Å²) in [6.45, 7) is 2.10. The summed E-state index contributed by atoms with van der Waals surface area (Å²) in [6, 6.07) is 12.8. The van der Waals surface area contributed by atoms with E-state index in [1.807, 2.05) is 24.3 Å². The van der Waals surface area contributed by atoms with Gasteiger partial charge in [0.05, 0.1) is 42.1 Å². The number of carbonyl (C=O) groups excluding carboxylic acids is 1. The molecule has 206 valence electrons. The predicted molar refractivity (Wildman–Crippen MR) is 146 cm³/mol. The quantitative estimate of drug-likeness (QED) is 0.272. The van der Waals surface area contributed by atoms with Gasteiger partial charge in [-0.15, -0.1) is 11.3 Å². The number of carbonyl (C=O) groups is 1. The van der Waals surface area contributed by atoms with Gasteiger partial charge in [0.15, 0.2) is 17.4 Å². The van der Waals surface area contributed by atoms with E-state index in [2.05, 4.69) is 20.5 Å². The molecular weight excluding hydrogens is 569 g/mol. The number of anilines is 1. The van der Waals surface area contributed by atoms with Crippen molar-refractivity contribution >= 4 is 55.6 Å². The Hall–Kier alpha value is -3.23. The molecule has 1 aliphatic rings. The molecule has 39 heavy (non-hydrogen) atoms. The Labute approximate surface area is 233 Å². The molecule has 1 fully saturated rings. The van der Waals surface area contributed by atoms with Crippen molar-refractivity contribution in [2.75, 3.05) is 31.6 Å². The van der Waals surface area contributed by atoms with Gasteiger partial charge in [-0.3, -0.25) is 14.2 Å². The number of halogens is 2. The molecule has 14 heteroatoms. The van der Waals surface area contributed by atoms with Crippen LogP contribution in [0.2, 0.25) is 4.34 Å². The summed E-state index contributed by atoms with van der Waals surface area (Å²) in [7, 11) is -2.73. The number of nitrogens with one attached hydrogen (secondary N) is 3. The minimum absolute atomic E-state index is 0.00434. The SMILES string of the molecule is COc1c(F)ccc2c1c(NS(=O)(=O)c1ccc(Cl)s1)nn2Cc1cccc(CNC(=O)[C@@H]2COCCN2)c1. The number of benzene rings is 2. The molecule has 1 saturated heterocycles. The fraction of sp³-hybridized carbons (Fsp3) is 0.280. The molecule has 5 rings (SSSR count). The monoisotopic (exact) mass is 593 g/mol. The standard InChI is InChI=1S/C25H25ClFN5O5S2/c1-36-23-17(27)5-6-19-22(23)24(31-39(34,35)21-8-7-20(26)38-21)30-32(19)13-16-4-2-3-15(11-16)12-29-25(33)18-14-37-10-9-28-18/h2-8,11,18,28H,9-10,12-14H2,1H3,(H,29,33)(H,30,31)/t18-/m0/s1. The number of hydrogen-bond donors (Lipinski definition) is 3. The topological polar surface area (TPSA) is 124 Å². The van der Waals surface area contributed by atoms with E-state index in [0.29, 0.717) is 36.2 Å². The number of nitrogens with zero attached hydrogens (tertiary/aromatic N) is 2. The molecule has 0 spiro atoms. The van der Waals surface area contributed by atoms with Crippen LogP contribution in [0.15, 0.2) is 52.7 Å². The Morgan fingerprint density at radius 3 is 2.82 bits per heavy atom. The second kappa shape index (κ2) is 11.5. The van der Waals surface area contributed by atoms with E-state index >= 15 is 0 Å². The van der Waals surface area contributed by atoms with E-state index in [4.69, 9.17) is 21.1 Å². The zero-order valence-corrected chi connectivity index (χ0v) is 23.1. The highest BCUT2D eigenvalue weighted by molar-refractivity contribution is 7.94. The van der Waals surface area contributed by atoms with Gasteiger partial charge in [0.1, 0.15) is 10.3 Å². The lowest BCUT2D eigenvalue weighted by Gasteiger charge is -2.22. The third-order valence-electron chi connectivity index (χ3n) is 6.10. The average molecular weight is 594 g/mol. The molecule has 2 aromatic heterocycles. The number of hydrogen-bond acceptors (Lipinski definition) is 8. The fourth-order valence-electron chi connectivity index (χ4n) is 4.28. The molecule has 10 nitrogen and oxygen atoms in total. The van der Waals surface area contributed by atoms with E-state index in [-0.39, 0.29) is 39.7 Å². The van der Waals surface area contributed by atoms with Crippen LogP contribution in [0.4, 0.5) is 10.2 Å². The van der Waals surface area contributed by atoms with Crippen LogP contribution in [0.5, 0.6) is 5.75 Å². The van der Waals surface area contributed by atoms with Crippen LogP contribution in [0.3, 0.4) is 0 Å². The highest BCUT2D eigenvalue weighted by Gasteiger charge is 2.25. The number of sulfonamides is 1. The first kappa shape index (κ1) is 27.3. The Kier molecular flexibility index (Phi) is 8.05. The van der Waals surface area contributed by atoms with Gasteiger partial charge < -0.3 is 20.1 Å². The molecule has 2 aromatic carbocycles. The zero-order valence-electron chi connectivity index (χ0n) is 20.7. The molecule has 1 amide bonds. The smallest absolute Gasteiger partial charge is 0.272 e. The Morgan fingerprint density at radius 2 is 2.10 bits per heavy atom. The largest absolute Gasteiger partial charge is 0.493 e. The number of rotatable bonds is 9. The number of thiophene rings is 1. The number of aromatic nitrogens is 2. The third-order valence-corrected chi connectivity index (χ3v) is 9.16. The van der Waals surface area contributed by atoms with E-state index < -0.39 is 15.8 Å². The maximum absolute atomic E-state index is 14.6. The van der Waals surface area contributed by atoms with Crippen molar-refractivity contribution in [1.29, 1.82) is 0 Å². The van der Waals surface area contributed by atoms with Gasteiger partial charge in [0.25, 0.3) is 10.0 Å². The lowest BCUT2D eigenvalue weighted by molar-refractivity contribution is -0.126. The molecule has 3 heterocycles. The van der Waals surface area contributed by atoms with Crippen LogP contribution in [-0.4, -0.2) is 57.0 Å². The van der Waals surface area contributed by atoms with Crippen LogP contribution < -0.4 is 20.1 Å². The molecule has 1 aliphatic heterocycles. The van der Waals surface area contributed by atoms with Crippen LogP contribution >= 0.6 is 22.9 Å². The van der Waals surface area contributed by atoms with Crippen molar-refractivity contribution in [3.8, 4) is 5.75 Å². The van der Waals surface area contributed by atoms with Crippen molar-refractivity contribution in [2.45, 2.75) is 23.3 Å². The summed E-state index contributed by atoms with van der Waals surface area (Å²) in [5.74, 6) is -0.995. The van der Waals surface area contributed by atoms with Crippen molar-refractivity contribution in [3.63, 3.8) is 0 Å². The van der Waals surface area contributed by atoms with E-state index in [9.17, 15) is 17.6 Å². The van der Waals surface area contributed by atoms with E-state index in [1.165, 1.54) is 31.4 Å². The van der Waals surface area contributed by atoms with Crippen molar-refractivity contribution < 1.29 is 27.1 Å². The summed E-state index contributed by atoms with van der Waals surface area (Å²) in [5, 5.41) is 10.7. The summed E-state index contributed by atoms with van der Waals surface area (Å²) in [5.41, 5.74) is 2.18. The van der Waals surface area contributed by atoms with Gasteiger partial charge in [0, 0.05) is 13.1 Å². The summed E-state index contributed by atoms with van der Waals surface area (Å²) < 4.78 is 55.6. The normalized spacial score (nSPS) is 15.8.